The fourth-order valence-corrected chi connectivity index (χ4v) is 2.58. The van der Waals surface area contributed by atoms with Crippen LogP contribution >= 0.6 is 27.5 Å². The van der Waals surface area contributed by atoms with E-state index in [-0.39, 0.29) is 6.03 Å². The van der Waals surface area contributed by atoms with Crippen molar-refractivity contribution in [1.29, 1.82) is 0 Å². The average Bonchev–Trinajstić information content (AvgIpc) is 2.33. The molecule has 18 heavy (non-hydrogen) atoms. The minimum atomic E-state index is -0.0638. The number of hydrogen-bond acceptors (Lipinski definition) is 2. The van der Waals surface area contributed by atoms with E-state index in [1.54, 1.807) is 18.2 Å². The first-order valence-electron chi connectivity index (χ1n) is 5.76. The van der Waals surface area contributed by atoms with Gasteiger partial charge in [0.15, 0.2) is 0 Å². The number of benzene rings is 1. The van der Waals surface area contributed by atoms with Crippen LogP contribution in [-0.4, -0.2) is 49.1 Å². The number of amides is 2. The molecule has 1 fully saturated rings. The Labute approximate surface area is 120 Å². The third kappa shape index (κ3) is 3.37. The Morgan fingerprint density at radius 2 is 2.00 bits per heavy atom. The van der Waals surface area contributed by atoms with Gasteiger partial charge in [-0.05, 0) is 41.2 Å². The van der Waals surface area contributed by atoms with Crippen LogP contribution in [0.15, 0.2) is 22.7 Å². The molecule has 4 nitrogen and oxygen atoms in total. The Balaban J connectivity index is 1.98. The van der Waals surface area contributed by atoms with Crippen molar-refractivity contribution in [2.75, 3.05) is 38.5 Å². The van der Waals surface area contributed by atoms with Gasteiger partial charge in [-0.15, -0.1) is 0 Å². The standard InChI is InChI=1S/C12H15BrClN3O/c1-16-4-6-17(7-5-16)12(18)15-11-3-2-9(14)8-10(11)13/h2-3,8H,4-7H2,1H3,(H,15,18). The second-order valence-electron chi connectivity index (χ2n) is 4.34. The molecule has 1 aromatic rings. The summed E-state index contributed by atoms with van der Waals surface area (Å²) in [5, 5.41) is 3.52. The second kappa shape index (κ2) is 5.91. The highest BCUT2D eigenvalue weighted by molar-refractivity contribution is 9.10. The third-order valence-electron chi connectivity index (χ3n) is 2.96. The van der Waals surface area contributed by atoms with Crippen LogP contribution in [0.25, 0.3) is 0 Å². The summed E-state index contributed by atoms with van der Waals surface area (Å²) in [5.74, 6) is 0. The third-order valence-corrected chi connectivity index (χ3v) is 3.85. The van der Waals surface area contributed by atoms with Gasteiger partial charge in [0.25, 0.3) is 0 Å². The van der Waals surface area contributed by atoms with E-state index in [1.807, 2.05) is 4.90 Å². The summed E-state index contributed by atoms with van der Waals surface area (Å²) in [4.78, 5) is 16.1. The van der Waals surface area contributed by atoms with E-state index in [1.165, 1.54) is 0 Å². The summed E-state index contributed by atoms with van der Waals surface area (Å²) in [6.07, 6.45) is 0. The predicted octanol–water partition coefficient (Wildman–Crippen LogP) is 2.88. The lowest BCUT2D eigenvalue weighted by atomic mass is 10.3. The molecule has 0 bridgehead atoms. The number of carbonyl (C=O) groups is 1. The lowest BCUT2D eigenvalue weighted by Gasteiger charge is -2.32. The number of likely N-dealkylation sites (N-methyl/N-ethyl adjacent to an activating group) is 1. The molecule has 0 radical (unpaired) electrons. The van der Waals surface area contributed by atoms with Crippen LogP contribution in [-0.2, 0) is 0 Å². The highest BCUT2D eigenvalue weighted by atomic mass is 79.9. The summed E-state index contributed by atoms with van der Waals surface area (Å²) in [6, 6.07) is 5.25. The van der Waals surface area contributed by atoms with Crippen molar-refractivity contribution in [3.8, 4) is 0 Å². The van der Waals surface area contributed by atoms with Crippen LogP contribution in [0.4, 0.5) is 10.5 Å². The summed E-state index contributed by atoms with van der Waals surface area (Å²) >= 11 is 9.24. The Bertz CT molecular complexity index is 447. The summed E-state index contributed by atoms with van der Waals surface area (Å²) in [5.41, 5.74) is 0.739. The fraction of sp³-hybridized carbons (Fsp3) is 0.417. The number of rotatable bonds is 1. The average molecular weight is 333 g/mol. The lowest BCUT2D eigenvalue weighted by Crippen LogP contribution is -2.48. The Morgan fingerprint density at radius 3 is 2.61 bits per heavy atom. The van der Waals surface area contributed by atoms with Gasteiger partial charge in [-0.25, -0.2) is 4.79 Å². The molecule has 1 aliphatic heterocycles. The number of piperazine rings is 1. The van der Waals surface area contributed by atoms with Gasteiger partial charge in [-0.2, -0.15) is 0 Å². The molecule has 1 saturated heterocycles. The number of nitrogens with zero attached hydrogens (tertiary/aromatic N) is 2. The van der Waals surface area contributed by atoms with Gasteiger partial charge >= 0.3 is 6.03 Å². The molecule has 0 atom stereocenters. The Hall–Kier alpha value is -0.780. The zero-order valence-electron chi connectivity index (χ0n) is 10.1. The Kier molecular flexibility index (Phi) is 4.48. The number of anilines is 1. The number of carbonyl (C=O) groups excluding carboxylic acids is 1. The van der Waals surface area contributed by atoms with Gasteiger partial charge < -0.3 is 15.1 Å². The van der Waals surface area contributed by atoms with Crippen LogP contribution < -0.4 is 5.32 Å². The van der Waals surface area contributed by atoms with Gasteiger partial charge in [0.2, 0.25) is 0 Å². The number of nitrogens with one attached hydrogen (secondary N) is 1. The smallest absolute Gasteiger partial charge is 0.321 e. The molecule has 6 heteroatoms. The maximum Gasteiger partial charge on any atom is 0.321 e. The van der Waals surface area contributed by atoms with Gasteiger partial charge in [-0.1, -0.05) is 11.6 Å². The van der Waals surface area contributed by atoms with Gasteiger partial charge in [0.1, 0.15) is 0 Å². The summed E-state index contributed by atoms with van der Waals surface area (Å²) in [7, 11) is 2.06. The number of urea groups is 1. The molecule has 0 aliphatic carbocycles. The van der Waals surface area contributed by atoms with Crippen LogP contribution in [0.2, 0.25) is 5.02 Å². The fourth-order valence-electron chi connectivity index (χ4n) is 1.79. The van der Waals surface area contributed by atoms with E-state index in [0.29, 0.717) is 5.02 Å². The zero-order valence-corrected chi connectivity index (χ0v) is 12.5. The van der Waals surface area contributed by atoms with Crippen molar-refractivity contribution in [3.63, 3.8) is 0 Å². The molecule has 1 N–H and O–H groups in total. The van der Waals surface area contributed by atoms with E-state index in [4.69, 9.17) is 11.6 Å². The number of halogens is 2. The largest absolute Gasteiger partial charge is 0.322 e. The molecule has 1 heterocycles. The first kappa shape index (κ1) is 13.6. The van der Waals surface area contributed by atoms with Crippen molar-refractivity contribution in [2.45, 2.75) is 0 Å². The monoisotopic (exact) mass is 331 g/mol. The second-order valence-corrected chi connectivity index (χ2v) is 5.64. The molecular formula is C12H15BrClN3O. The van der Waals surface area contributed by atoms with Crippen molar-refractivity contribution >= 4 is 39.2 Å². The van der Waals surface area contributed by atoms with Gasteiger partial charge in [0, 0.05) is 35.7 Å². The maximum atomic E-state index is 12.1. The minimum Gasteiger partial charge on any atom is -0.322 e. The van der Waals surface area contributed by atoms with Crippen LogP contribution in [0.5, 0.6) is 0 Å². The molecule has 2 rings (SSSR count). The van der Waals surface area contributed by atoms with Crippen molar-refractivity contribution in [2.24, 2.45) is 0 Å². The first-order chi connectivity index (χ1) is 8.56. The molecular weight excluding hydrogens is 318 g/mol. The van der Waals surface area contributed by atoms with E-state index in [2.05, 4.69) is 33.2 Å². The molecule has 1 aromatic carbocycles. The summed E-state index contributed by atoms with van der Waals surface area (Å²) < 4.78 is 0.789. The Morgan fingerprint density at radius 1 is 1.33 bits per heavy atom. The van der Waals surface area contributed by atoms with Crippen molar-refractivity contribution in [1.82, 2.24) is 9.80 Å². The molecule has 2 amide bonds. The molecule has 98 valence electrons. The van der Waals surface area contributed by atoms with Gasteiger partial charge in [0.05, 0.1) is 5.69 Å². The molecule has 0 aromatic heterocycles. The zero-order chi connectivity index (χ0) is 13.1. The first-order valence-corrected chi connectivity index (χ1v) is 6.93. The van der Waals surface area contributed by atoms with E-state index < -0.39 is 0 Å². The van der Waals surface area contributed by atoms with Gasteiger partial charge in [-0.3, -0.25) is 0 Å². The molecule has 0 spiro atoms. The van der Waals surface area contributed by atoms with Crippen molar-refractivity contribution < 1.29 is 4.79 Å². The molecule has 1 aliphatic rings. The minimum absolute atomic E-state index is 0.0638. The topological polar surface area (TPSA) is 35.6 Å². The van der Waals surface area contributed by atoms with E-state index in [0.717, 1.165) is 36.3 Å². The highest BCUT2D eigenvalue weighted by Gasteiger charge is 2.19. The highest BCUT2D eigenvalue weighted by Crippen LogP contribution is 2.26. The quantitative estimate of drug-likeness (QED) is 0.858. The normalized spacial score (nSPS) is 16.7. The van der Waals surface area contributed by atoms with Crippen molar-refractivity contribution in [3.05, 3.63) is 27.7 Å². The lowest BCUT2D eigenvalue weighted by molar-refractivity contribution is 0.164. The van der Waals surface area contributed by atoms with Crippen LogP contribution in [0, 0.1) is 0 Å². The SMILES string of the molecule is CN1CCN(C(=O)Nc2ccc(Cl)cc2Br)CC1. The van der Waals surface area contributed by atoms with Crippen LogP contribution in [0.1, 0.15) is 0 Å². The van der Waals surface area contributed by atoms with Crippen LogP contribution in [0.3, 0.4) is 0 Å². The number of hydrogen-bond donors (Lipinski definition) is 1. The summed E-state index contributed by atoms with van der Waals surface area (Å²) in [6.45, 7) is 3.34. The maximum absolute atomic E-state index is 12.1. The molecule has 0 unspecified atom stereocenters. The predicted molar refractivity (Wildman–Crippen MR) is 77.2 cm³/mol. The van der Waals surface area contributed by atoms with E-state index in [9.17, 15) is 4.79 Å². The van der Waals surface area contributed by atoms with E-state index >= 15 is 0 Å². The molecule has 0 saturated carbocycles.